The third-order valence-corrected chi connectivity index (χ3v) is 11.8. The van der Waals surface area contributed by atoms with Crippen LogP contribution in [-0.4, -0.2) is 11.5 Å². The number of nitrogens with zero attached hydrogens (tertiary/aromatic N) is 2. The number of furan rings is 1. The maximum absolute atomic E-state index is 6.55. The summed E-state index contributed by atoms with van der Waals surface area (Å²) in [6.07, 6.45) is 2.89. The van der Waals surface area contributed by atoms with E-state index in [0.717, 1.165) is 55.6 Å². The van der Waals surface area contributed by atoms with E-state index < -0.39 is 0 Å². The lowest BCUT2D eigenvalue weighted by Crippen LogP contribution is -2.05. The van der Waals surface area contributed by atoms with E-state index in [1.807, 2.05) is 17.4 Å². The van der Waals surface area contributed by atoms with Crippen molar-refractivity contribution in [1.29, 1.82) is 0 Å². The molecule has 0 atom stereocenters. The van der Waals surface area contributed by atoms with Gasteiger partial charge < -0.3 is 4.42 Å². The van der Waals surface area contributed by atoms with Crippen molar-refractivity contribution in [2.24, 2.45) is 9.98 Å². The first-order valence-electron chi connectivity index (χ1n) is 18.0. The second-order valence-electron chi connectivity index (χ2n) is 13.6. The summed E-state index contributed by atoms with van der Waals surface area (Å²) in [5.74, 6) is 0.676. The van der Waals surface area contributed by atoms with Gasteiger partial charge in [-0.05, 0) is 68.6 Å². The molecule has 4 heteroatoms. The van der Waals surface area contributed by atoms with E-state index in [1.54, 1.807) is 0 Å². The summed E-state index contributed by atoms with van der Waals surface area (Å²) in [4.78, 5) is 10.9. The fourth-order valence-corrected chi connectivity index (χ4v) is 9.31. The van der Waals surface area contributed by atoms with Gasteiger partial charge in [-0.25, -0.2) is 9.98 Å². The minimum absolute atomic E-state index is 0.652. The van der Waals surface area contributed by atoms with Crippen LogP contribution in [0.3, 0.4) is 0 Å². The lowest BCUT2D eigenvalue weighted by Gasteiger charge is -2.12. The SMILES string of the molecule is C1=C(c2cc3ccccc3c3ccccc23)N=C(c2cccc3oc4ccc(-c5cccc6c5sc5ccccc56)cc4c23)N=C(c2ccccc2)C1. The van der Waals surface area contributed by atoms with Crippen molar-refractivity contribution in [3.8, 4) is 11.1 Å². The molecule has 0 fully saturated rings. The molecule has 53 heavy (non-hydrogen) atoms. The van der Waals surface area contributed by atoms with Crippen molar-refractivity contribution in [2.45, 2.75) is 6.42 Å². The average Bonchev–Trinajstić information content (AvgIpc) is 3.71. The summed E-state index contributed by atoms with van der Waals surface area (Å²) >= 11 is 1.85. The van der Waals surface area contributed by atoms with Crippen LogP contribution in [-0.2, 0) is 0 Å². The number of thiophene rings is 1. The van der Waals surface area contributed by atoms with Crippen LogP contribution in [0.1, 0.15) is 23.1 Å². The molecule has 11 rings (SSSR count). The lowest BCUT2D eigenvalue weighted by molar-refractivity contribution is 0.669. The van der Waals surface area contributed by atoms with Crippen LogP contribution in [0.4, 0.5) is 0 Å². The lowest BCUT2D eigenvalue weighted by atomic mass is 9.95. The normalized spacial score (nSPS) is 13.5. The first-order chi connectivity index (χ1) is 26.3. The van der Waals surface area contributed by atoms with Crippen molar-refractivity contribution in [2.75, 3.05) is 0 Å². The number of hydrogen-bond donors (Lipinski definition) is 0. The molecular weight excluding hydrogens is 665 g/mol. The van der Waals surface area contributed by atoms with Crippen molar-refractivity contribution >= 4 is 92.2 Å². The molecule has 0 amide bonds. The van der Waals surface area contributed by atoms with Crippen molar-refractivity contribution in [3.05, 3.63) is 187 Å². The molecule has 3 nitrogen and oxygen atoms in total. The molecule has 248 valence electrons. The van der Waals surface area contributed by atoms with Gasteiger partial charge >= 0.3 is 0 Å². The fourth-order valence-electron chi connectivity index (χ4n) is 8.08. The molecule has 3 heterocycles. The molecule has 1 aliphatic heterocycles. The molecular formula is C49H30N2OS. The maximum atomic E-state index is 6.55. The molecule has 0 aliphatic carbocycles. The molecule has 2 aromatic heterocycles. The predicted molar refractivity (Wildman–Crippen MR) is 226 cm³/mol. The zero-order chi connectivity index (χ0) is 34.9. The molecule has 10 aromatic rings. The maximum Gasteiger partial charge on any atom is 0.160 e. The molecule has 0 spiro atoms. The third kappa shape index (κ3) is 4.87. The van der Waals surface area contributed by atoms with Gasteiger partial charge in [0.05, 0.1) is 11.4 Å². The van der Waals surface area contributed by atoms with Crippen LogP contribution < -0.4 is 0 Å². The Morgan fingerprint density at radius 2 is 1.21 bits per heavy atom. The highest BCUT2D eigenvalue weighted by Gasteiger charge is 2.21. The van der Waals surface area contributed by atoms with Crippen LogP contribution in [0, 0.1) is 0 Å². The summed E-state index contributed by atoms with van der Waals surface area (Å²) in [5, 5.41) is 9.49. The van der Waals surface area contributed by atoms with E-state index in [2.05, 4.69) is 164 Å². The minimum Gasteiger partial charge on any atom is -0.456 e. The summed E-state index contributed by atoms with van der Waals surface area (Å²) in [7, 11) is 0. The van der Waals surface area contributed by atoms with Crippen molar-refractivity contribution < 1.29 is 4.42 Å². The highest BCUT2D eigenvalue weighted by Crippen LogP contribution is 2.42. The molecule has 0 saturated heterocycles. The smallest absolute Gasteiger partial charge is 0.160 e. The number of hydrogen-bond acceptors (Lipinski definition) is 4. The highest BCUT2D eigenvalue weighted by atomic mass is 32.1. The quantitative estimate of drug-likeness (QED) is 0.169. The van der Waals surface area contributed by atoms with E-state index in [4.69, 9.17) is 14.4 Å². The van der Waals surface area contributed by atoms with Gasteiger partial charge in [0.1, 0.15) is 11.2 Å². The Hall–Kier alpha value is -6.62. The number of allylic oxidation sites excluding steroid dienone is 1. The van der Waals surface area contributed by atoms with Gasteiger partial charge in [-0.2, -0.15) is 0 Å². The van der Waals surface area contributed by atoms with Gasteiger partial charge in [-0.3, -0.25) is 0 Å². The van der Waals surface area contributed by atoms with E-state index >= 15 is 0 Å². The van der Waals surface area contributed by atoms with Crippen LogP contribution >= 0.6 is 11.3 Å². The van der Waals surface area contributed by atoms with Gasteiger partial charge in [0.2, 0.25) is 0 Å². The summed E-state index contributed by atoms with van der Waals surface area (Å²) in [5.41, 5.74) is 9.08. The van der Waals surface area contributed by atoms with E-state index in [1.165, 1.54) is 47.3 Å². The number of amidine groups is 1. The topological polar surface area (TPSA) is 37.9 Å². The Morgan fingerprint density at radius 1 is 0.472 bits per heavy atom. The largest absolute Gasteiger partial charge is 0.456 e. The fraction of sp³-hybridized carbons (Fsp3) is 0.0204. The molecule has 0 radical (unpaired) electrons. The van der Waals surface area contributed by atoms with E-state index in [-0.39, 0.29) is 0 Å². The summed E-state index contributed by atoms with van der Waals surface area (Å²) < 4.78 is 9.15. The molecule has 1 aliphatic rings. The van der Waals surface area contributed by atoms with E-state index in [9.17, 15) is 0 Å². The van der Waals surface area contributed by atoms with Gasteiger partial charge in [-0.1, -0.05) is 140 Å². The van der Waals surface area contributed by atoms with Gasteiger partial charge in [0, 0.05) is 48.5 Å². The van der Waals surface area contributed by atoms with Crippen LogP contribution in [0.2, 0.25) is 0 Å². The van der Waals surface area contributed by atoms with Crippen LogP contribution in [0.25, 0.3) is 80.5 Å². The Labute approximate surface area is 309 Å². The number of benzene rings is 8. The van der Waals surface area contributed by atoms with Gasteiger partial charge in [-0.15, -0.1) is 11.3 Å². The zero-order valence-corrected chi connectivity index (χ0v) is 29.4. The zero-order valence-electron chi connectivity index (χ0n) is 28.6. The van der Waals surface area contributed by atoms with Crippen molar-refractivity contribution in [1.82, 2.24) is 0 Å². The third-order valence-electron chi connectivity index (χ3n) is 10.6. The van der Waals surface area contributed by atoms with Gasteiger partial charge in [0.15, 0.2) is 5.84 Å². The number of rotatable bonds is 4. The Balaban J connectivity index is 1.15. The Kier molecular flexibility index (Phi) is 6.79. The second-order valence-corrected chi connectivity index (χ2v) is 14.7. The predicted octanol–water partition coefficient (Wildman–Crippen LogP) is 13.6. The van der Waals surface area contributed by atoms with Crippen molar-refractivity contribution in [3.63, 3.8) is 0 Å². The average molecular weight is 695 g/mol. The second kappa shape index (κ2) is 12.0. The molecule has 8 aromatic carbocycles. The number of fused-ring (bicyclic) bond motifs is 9. The monoisotopic (exact) mass is 694 g/mol. The summed E-state index contributed by atoms with van der Waals surface area (Å²) in [6.45, 7) is 0. The minimum atomic E-state index is 0.652. The summed E-state index contributed by atoms with van der Waals surface area (Å²) in [6, 6.07) is 58.2. The molecule has 0 bridgehead atoms. The standard InChI is InChI=1S/C49H30N2OS/c1-2-12-30(13-3-1)42-25-26-43(40-28-31-14-4-5-15-33(31)35-16-6-7-17-36(35)40)51-49(50-42)39-21-11-22-45-47(39)41-29-32(24-27-44(41)52-45)34-19-10-20-38-37-18-8-9-23-46(37)53-48(34)38/h1-24,26-29H,25H2. The Morgan fingerprint density at radius 3 is 2.11 bits per heavy atom. The Bertz CT molecular complexity index is 3200. The van der Waals surface area contributed by atoms with Crippen LogP contribution in [0.5, 0.6) is 0 Å². The molecule has 0 saturated carbocycles. The van der Waals surface area contributed by atoms with Crippen LogP contribution in [0.15, 0.2) is 184 Å². The molecule has 0 unspecified atom stereocenters. The van der Waals surface area contributed by atoms with Gasteiger partial charge in [0.25, 0.3) is 0 Å². The number of aliphatic imine (C=N–C) groups is 2. The van der Waals surface area contributed by atoms with E-state index in [0.29, 0.717) is 12.3 Å². The highest BCUT2D eigenvalue weighted by molar-refractivity contribution is 7.26. The first-order valence-corrected chi connectivity index (χ1v) is 18.8. The molecule has 0 N–H and O–H groups in total. The first kappa shape index (κ1) is 30.0.